The number of nitrogens with two attached hydrogens (primary N) is 3. The minimum atomic E-state index is -1.96. The van der Waals surface area contributed by atoms with Crippen LogP contribution in [0.4, 0.5) is 0 Å². The summed E-state index contributed by atoms with van der Waals surface area (Å²) in [4.78, 5) is 265. The first-order valence-corrected chi connectivity index (χ1v) is 47.6. The molecule has 1 spiro atoms. The zero-order chi connectivity index (χ0) is 100. The SMILES string of the molecule is C=C[C@H]1C[C@]12NC(=O)[C@H](CC(N)=O)NC(=O)[C@H](C)N(C)C(=O)[C@H](Cc1ccc(O)cc1)NC(=O)CSCC(C(=O)NCC(N)=O)NC(=O)[C@H](CCCNC(=N)N)NC(=O)[C@H](CCCC)N(C)C(=O)[C@H](CCCC)N(C)C(=O)[C@H](Cc1csc3ccccc13)NC(=O)[C@H](CO)NC(=O)C(Cc1c[nH]c3ccccc13)NC(=O)[C@@H]1C[C@@H](O)CN1C(=O)[C@H](CC(C)C)NC(=O)C(Cc1cnc[nH]1)NC2=O. The van der Waals surface area contributed by atoms with Gasteiger partial charge >= 0.3 is 0 Å². The van der Waals surface area contributed by atoms with Crippen LogP contribution in [0.2, 0.25) is 0 Å². The lowest BCUT2D eigenvalue weighted by molar-refractivity contribution is -0.149. The Hall–Kier alpha value is -13.6. The summed E-state index contributed by atoms with van der Waals surface area (Å²) >= 11 is 2.10. The number of para-hydroxylation sites is 1. The van der Waals surface area contributed by atoms with Crippen molar-refractivity contribution in [3.63, 3.8) is 0 Å². The molecule has 2 saturated heterocycles. The molecule has 742 valence electrons. The lowest BCUT2D eigenvalue weighted by atomic mass is 10.00. The third-order valence-corrected chi connectivity index (χ3v) is 26.5. The third-order valence-electron chi connectivity index (χ3n) is 24.4. The van der Waals surface area contributed by atoms with Gasteiger partial charge in [0.1, 0.15) is 89.8 Å². The van der Waals surface area contributed by atoms with Crippen molar-refractivity contribution in [3.05, 3.63) is 132 Å². The summed E-state index contributed by atoms with van der Waals surface area (Å²) in [5, 5.41) is 75.6. The maximum Gasteiger partial charge on any atom is 0.247 e. The molecule has 1 aliphatic carbocycles. The van der Waals surface area contributed by atoms with Crippen LogP contribution in [0, 0.1) is 17.2 Å². The number of aromatic amines is 2. The molecule has 16 atom stereocenters. The molecule has 45 heteroatoms. The number of thiophene rings is 1. The van der Waals surface area contributed by atoms with E-state index in [1.807, 2.05) is 32.0 Å². The highest BCUT2D eigenvalue weighted by Crippen LogP contribution is 2.45. The third kappa shape index (κ3) is 29.5. The molecule has 137 heavy (non-hydrogen) atoms. The smallest absolute Gasteiger partial charge is 0.247 e. The highest BCUT2D eigenvalue weighted by Gasteiger charge is 2.61. The zero-order valence-corrected chi connectivity index (χ0v) is 79.5. The average molecular weight is 1940 g/mol. The number of aromatic nitrogens is 3. The van der Waals surface area contributed by atoms with E-state index < -0.39 is 247 Å². The number of primary amides is 2. The van der Waals surface area contributed by atoms with E-state index in [4.69, 9.17) is 22.6 Å². The number of aromatic hydroxyl groups is 1. The number of amides is 17. The number of aliphatic hydroxyl groups is 2. The number of imidazole rings is 1. The molecule has 6 aromatic rings. The van der Waals surface area contributed by atoms with Crippen molar-refractivity contribution < 1.29 is 96.8 Å². The average Bonchev–Trinajstić information content (AvgIpc) is 1.58. The molecule has 43 nitrogen and oxygen atoms in total. The number of aliphatic hydroxyl groups excluding tert-OH is 2. The van der Waals surface area contributed by atoms with Gasteiger partial charge in [0.25, 0.3) is 0 Å². The summed E-state index contributed by atoms with van der Waals surface area (Å²) in [6.07, 6.45) is 2.90. The number of carbonyl (C=O) groups excluding carboxylic acids is 17. The van der Waals surface area contributed by atoms with Gasteiger partial charge in [-0.25, -0.2) is 4.98 Å². The Kier molecular flexibility index (Phi) is 39.3. The Balaban J connectivity index is 1.11. The van der Waals surface area contributed by atoms with Crippen LogP contribution in [-0.4, -0.2) is 305 Å². The number of thioether (sulfide) groups is 1. The number of nitrogens with zero attached hydrogens (tertiary/aromatic N) is 5. The van der Waals surface area contributed by atoms with Gasteiger partial charge in [-0.15, -0.1) is 29.7 Å². The van der Waals surface area contributed by atoms with Crippen molar-refractivity contribution >= 4 is 150 Å². The van der Waals surface area contributed by atoms with Crippen molar-refractivity contribution in [2.75, 3.05) is 58.9 Å². The van der Waals surface area contributed by atoms with Gasteiger partial charge in [0, 0.05) is 112 Å². The number of guanidine groups is 1. The van der Waals surface area contributed by atoms with Gasteiger partial charge in [0.15, 0.2) is 5.96 Å². The fourth-order valence-corrected chi connectivity index (χ4v) is 18.4. The van der Waals surface area contributed by atoms with E-state index in [1.165, 1.54) is 82.3 Å². The predicted octanol–water partition coefficient (Wildman–Crippen LogP) is -2.13. The van der Waals surface area contributed by atoms with Crippen LogP contribution in [-0.2, 0) is 107 Å². The Labute approximate surface area is 800 Å². The lowest BCUT2D eigenvalue weighted by Gasteiger charge is -2.36. The molecule has 0 bridgehead atoms. The van der Waals surface area contributed by atoms with Gasteiger partial charge in [-0.2, -0.15) is 0 Å². The van der Waals surface area contributed by atoms with Crippen LogP contribution in [0.1, 0.15) is 134 Å². The molecular weight excluding hydrogens is 1810 g/mol. The summed E-state index contributed by atoms with van der Waals surface area (Å²) in [6.45, 7) is 9.92. The Bertz CT molecular complexity index is 5350. The molecule has 3 unspecified atom stereocenters. The number of hydrogen-bond donors (Lipinski definition) is 21. The quantitative estimate of drug-likeness (QED) is 0.0113. The van der Waals surface area contributed by atoms with Gasteiger partial charge in [0.05, 0.1) is 37.8 Å². The number of likely N-dealkylation sites (N-methyl/N-ethyl adjacent to an activating group) is 3. The number of hydrogen-bond acceptors (Lipinski definition) is 24. The summed E-state index contributed by atoms with van der Waals surface area (Å²) < 4.78 is 0.808. The van der Waals surface area contributed by atoms with Crippen LogP contribution in [0.5, 0.6) is 5.75 Å². The van der Waals surface area contributed by atoms with Crippen LogP contribution in [0.15, 0.2) is 110 Å². The molecule has 9 rings (SSSR count). The van der Waals surface area contributed by atoms with Crippen LogP contribution >= 0.6 is 23.1 Å². The van der Waals surface area contributed by atoms with Crippen molar-refractivity contribution in [3.8, 4) is 5.75 Å². The summed E-state index contributed by atoms with van der Waals surface area (Å²) in [5.41, 5.74) is 17.2. The summed E-state index contributed by atoms with van der Waals surface area (Å²) in [7, 11) is 3.89. The van der Waals surface area contributed by atoms with Crippen LogP contribution in [0.25, 0.3) is 21.0 Å². The first-order valence-electron chi connectivity index (χ1n) is 45.5. The molecule has 1 saturated carbocycles. The number of phenols is 1. The summed E-state index contributed by atoms with van der Waals surface area (Å²) in [6, 6.07) is -0.967. The minimum absolute atomic E-state index is 0.00836. The maximum atomic E-state index is 15.8. The van der Waals surface area contributed by atoms with E-state index in [9.17, 15) is 53.7 Å². The first kappa shape index (κ1) is 107. The highest BCUT2D eigenvalue weighted by molar-refractivity contribution is 8.00. The van der Waals surface area contributed by atoms with Crippen molar-refractivity contribution in [1.82, 2.24) is 98.4 Å². The molecular formula is C92H127N23O20S2. The molecule has 24 N–H and O–H groups in total. The number of rotatable bonds is 27. The van der Waals surface area contributed by atoms with Gasteiger partial charge < -0.3 is 126 Å². The summed E-state index contributed by atoms with van der Waals surface area (Å²) in [5.74, 6) is -19.4. The Morgan fingerprint density at radius 2 is 1.22 bits per heavy atom. The normalized spacial score (nSPS) is 25.5. The van der Waals surface area contributed by atoms with Crippen molar-refractivity contribution in [2.24, 2.45) is 29.0 Å². The van der Waals surface area contributed by atoms with E-state index in [0.717, 1.165) is 36.1 Å². The van der Waals surface area contributed by atoms with Crippen molar-refractivity contribution in [1.29, 1.82) is 5.41 Å². The molecule has 3 aromatic heterocycles. The number of fused-ring (bicyclic) bond motifs is 3. The largest absolute Gasteiger partial charge is 0.508 e. The second-order valence-electron chi connectivity index (χ2n) is 35.2. The minimum Gasteiger partial charge on any atom is -0.508 e. The van der Waals surface area contributed by atoms with E-state index in [1.54, 1.807) is 55.8 Å². The number of benzene rings is 3. The number of nitrogens with one attached hydrogen (secondary N) is 15. The van der Waals surface area contributed by atoms with Gasteiger partial charge in [-0.05, 0) is 103 Å². The number of phenolic OH excluding ortho intramolecular Hbond substituents is 1. The number of H-pyrrole nitrogens is 2. The fourth-order valence-electron chi connectivity index (χ4n) is 16.5. The lowest BCUT2D eigenvalue weighted by Crippen LogP contribution is -2.62. The van der Waals surface area contributed by atoms with E-state index >= 15 is 43.2 Å². The first-order chi connectivity index (χ1) is 65.2. The Morgan fingerprint density at radius 1 is 0.620 bits per heavy atom. The number of unbranched alkanes of at least 4 members (excludes halogenated alkanes) is 2. The molecule has 5 heterocycles. The standard InChI is InChI=1S/C92H127N23O20S2/c1-10-13-24-70-84(129)103-61(23-19-31-98-91(95)96)79(124)109-69(78(123)100-42-75(94)120)46-136-47-76(121)102-66(33-51-27-29-56(117)30-28-51)86(131)112(7)50(6)77(122)104-64(38-74(93)119)83(128)111-92(39-54(92)12-3)90(135)110-63(36-55-41-97-48-101-55)81(126)106-65(32-49(4)5)88(133)115-43-57(118)37-72(115)85(130)105-62(34-52-40-99-60-22-17-15-20-58(52)60)80(125)108-68(44-116)82(127)107-67(35-53-45-137-73-26-18-16-21-59(53)73)87(132)114(9)71(25-14-11-2)89(134)113(70)8/h12,15-18,20-22,26-30,40-41,45,48-50,54,57,61-72,99,116-118H,3,10-11,13-14,19,23-25,31-39,42-44,46-47H2,1-2,4-9H3,(H2,93,119)(H2,94,120)(H,97,101)(H,100,123)(H,102,121)(H,103,129)(H,104,122)(H,105,130)(H,106,126)(H,107,127)(H,108,125)(H,109,124)(H,110,135)(H,111,128)(H4,95,96,98)/t50-,54-,57+,61-,62?,63?,64-,65-,66-,67-,68-,69?,70-,71-,72-,92-/m0/s1. The Morgan fingerprint density at radius 3 is 1.86 bits per heavy atom. The second-order valence-corrected chi connectivity index (χ2v) is 37.1. The van der Waals surface area contributed by atoms with Gasteiger partial charge in [-0.1, -0.05) is 108 Å². The topological polar surface area (TPSA) is 655 Å². The molecule has 2 aliphatic heterocycles. The molecule has 3 fully saturated rings. The number of carbonyl (C=O) groups is 17. The molecule has 3 aliphatic rings. The van der Waals surface area contributed by atoms with Gasteiger partial charge in [0.2, 0.25) is 100 Å². The van der Waals surface area contributed by atoms with Crippen LogP contribution in [0.3, 0.4) is 0 Å². The van der Waals surface area contributed by atoms with E-state index in [0.29, 0.717) is 58.7 Å². The maximum absolute atomic E-state index is 15.8. The monoisotopic (exact) mass is 1940 g/mol. The zero-order valence-electron chi connectivity index (χ0n) is 77.9. The molecule has 0 radical (unpaired) electrons. The van der Waals surface area contributed by atoms with Crippen LogP contribution < -0.4 is 81.0 Å². The van der Waals surface area contributed by atoms with E-state index in [-0.39, 0.29) is 88.1 Å². The highest BCUT2D eigenvalue weighted by atomic mass is 32.2. The second kappa shape index (κ2) is 50.3. The predicted molar refractivity (Wildman–Crippen MR) is 508 cm³/mol. The molecule has 17 amide bonds. The van der Waals surface area contributed by atoms with Gasteiger partial charge in [-0.3, -0.25) is 86.9 Å². The molecule has 3 aromatic carbocycles. The van der Waals surface area contributed by atoms with Crippen molar-refractivity contribution in [2.45, 2.75) is 228 Å². The fraction of sp³-hybridized carbons (Fsp3) is 0.511. The van der Waals surface area contributed by atoms with E-state index in [2.05, 4.69) is 85.3 Å².